The molecule has 0 radical (unpaired) electrons. The molecule has 0 aromatic carbocycles. The minimum absolute atomic E-state index is 0.352. The van der Waals surface area contributed by atoms with Crippen molar-refractivity contribution in [2.75, 3.05) is 0 Å². The van der Waals surface area contributed by atoms with Crippen molar-refractivity contribution in [1.29, 1.82) is 0 Å². The van der Waals surface area contributed by atoms with Gasteiger partial charge in [-0.15, -0.1) is 0 Å². The van der Waals surface area contributed by atoms with Crippen LogP contribution in [0.25, 0.3) is 0 Å². The Hall–Kier alpha value is -1.05. The summed E-state index contributed by atoms with van der Waals surface area (Å²) in [6.07, 6.45) is 3.78. The Kier molecular flexibility index (Phi) is 3.44. The molecule has 0 unspecified atom stereocenters. The van der Waals surface area contributed by atoms with Gasteiger partial charge in [-0.2, -0.15) is 0 Å². The van der Waals surface area contributed by atoms with Crippen LogP contribution in [-0.4, -0.2) is 5.71 Å². The molecular weight excluding hydrogens is 112 g/mol. The fraction of sp³-hybridized carbons (Fsp3) is 0.286. The van der Waals surface area contributed by atoms with E-state index in [0.717, 1.165) is 5.71 Å². The molecule has 0 saturated carbocycles. The molecule has 2 N–H and O–H groups in total. The van der Waals surface area contributed by atoms with E-state index >= 15 is 0 Å². The van der Waals surface area contributed by atoms with Crippen LogP contribution in [0, 0.1) is 0 Å². The summed E-state index contributed by atoms with van der Waals surface area (Å²) in [5.74, 6) is 0.352. The quantitative estimate of drug-likeness (QED) is 0.556. The van der Waals surface area contributed by atoms with Gasteiger partial charge in [-0.05, 0) is 19.9 Å². The van der Waals surface area contributed by atoms with Gasteiger partial charge in [0.25, 0.3) is 0 Å². The van der Waals surface area contributed by atoms with Crippen molar-refractivity contribution in [1.82, 2.24) is 0 Å². The molecule has 0 aromatic heterocycles. The van der Waals surface area contributed by atoms with Crippen molar-refractivity contribution in [3.8, 4) is 0 Å². The Morgan fingerprint density at radius 3 is 2.56 bits per heavy atom. The second-order valence-electron chi connectivity index (χ2n) is 1.74. The van der Waals surface area contributed by atoms with Crippen molar-refractivity contribution >= 4 is 5.71 Å². The van der Waals surface area contributed by atoms with Crippen LogP contribution in [-0.2, 0) is 0 Å². The van der Waals surface area contributed by atoms with E-state index in [1.165, 1.54) is 0 Å². The van der Waals surface area contributed by atoms with Crippen LogP contribution in [0.3, 0.4) is 0 Å². The summed E-state index contributed by atoms with van der Waals surface area (Å²) in [4.78, 5) is 3.88. The zero-order chi connectivity index (χ0) is 7.28. The van der Waals surface area contributed by atoms with E-state index in [9.17, 15) is 0 Å². The topological polar surface area (TPSA) is 38.4 Å². The van der Waals surface area contributed by atoms with Crippen LogP contribution >= 0.6 is 0 Å². The second kappa shape index (κ2) is 3.89. The maximum Gasteiger partial charge on any atom is 0.116 e. The average molecular weight is 124 g/mol. The fourth-order valence-electron chi connectivity index (χ4n) is 0.505. The summed E-state index contributed by atoms with van der Waals surface area (Å²) >= 11 is 0. The molecule has 9 heavy (non-hydrogen) atoms. The number of hydrogen-bond donors (Lipinski definition) is 1. The Balaban J connectivity index is 4.00. The number of aliphatic imine (C=N–C) groups is 1. The predicted molar refractivity (Wildman–Crippen MR) is 41.3 cm³/mol. The van der Waals surface area contributed by atoms with Gasteiger partial charge in [-0.3, -0.25) is 0 Å². The summed E-state index contributed by atoms with van der Waals surface area (Å²) < 4.78 is 0. The number of nitrogens with zero attached hydrogens (tertiary/aromatic N) is 1. The van der Waals surface area contributed by atoms with Crippen molar-refractivity contribution in [3.63, 3.8) is 0 Å². The van der Waals surface area contributed by atoms with Crippen LogP contribution in [0.15, 0.2) is 29.5 Å². The van der Waals surface area contributed by atoms with Gasteiger partial charge in [0.05, 0.1) is 0 Å². The zero-order valence-electron chi connectivity index (χ0n) is 5.89. The van der Waals surface area contributed by atoms with Crippen LogP contribution in [0.2, 0.25) is 0 Å². The molecule has 2 nitrogen and oxygen atoms in total. The molecule has 2 heteroatoms. The van der Waals surface area contributed by atoms with Gasteiger partial charge in [0, 0.05) is 5.71 Å². The van der Waals surface area contributed by atoms with E-state index in [0.29, 0.717) is 5.82 Å². The van der Waals surface area contributed by atoms with E-state index in [4.69, 9.17) is 5.73 Å². The van der Waals surface area contributed by atoms with Gasteiger partial charge < -0.3 is 5.73 Å². The monoisotopic (exact) mass is 124 g/mol. The smallest absolute Gasteiger partial charge is 0.116 e. The molecule has 0 amide bonds. The summed E-state index contributed by atoms with van der Waals surface area (Å²) in [6.45, 7) is 7.24. The third-order valence-corrected chi connectivity index (χ3v) is 0.728. The molecule has 0 aliphatic carbocycles. The standard InChI is InChI=1S/C7H12N2/c1-4-5-6(2)9-7(3)8/h4-5H,3,8H2,1-2H3/b5-4-,9-6-. The number of rotatable bonds is 2. The lowest BCUT2D eigenvalue weighted by Crippen LogP contribution is -1.94. The largest absolute Gasteiger partial charge is 0.384 e. The van der Waals surface area contributed by atoms with E-state index < -0.39 is 0 Å². The molecule has 0 saturated heterocycles. The fourth-order valence-corrected chi connectivity index (χ4v) is 0.505. The van der Waals surface area contributed by atoms with Gasteiger partial charge in [-0.25, -0.2) is 4.99 Å². The van der Waals surface area contributed by atoms with Gasteiger partial charge in [0.15, 0.2) is 0 Å². The minimum Gasteiger partial charge on any atom is -0.384 e. The number of allylic oxidation sites excluding steroid dienone is 2. The molecule has 0 aromatic rings. The lowest BCUT2D eigenvalue weighted by molar-refractivity contribution is 1.26. The molecule has 0 fully saturated rings. The third kappa shape index (κ3) is 4.81. The molecule has 0 spiro atoms. The maximum absolute atomic E-state index is 5.21. The summed E-state index contributed by atoms with van der Waals surface area (Å²) in [7, 11) is 0. The molecule has 0 bridgehead atoms. The Bertz CT molecular complexity index is 154. The van der Waals surface area contributed by atoms with Crippen LogP contribution in [0.1, 0.15) is 13.8 Å². The second-order valence-corrected chi connectivity index (χ2v) is 1.74. The summed E-state index contributed by atoms with van der Waals surface area (Å²) in [5.41, 5.74) is 6.09. The van der Waals surface area contributed by atoms with Gasteiger partial charge in [0.1, 0.15) is 5.82 Å². The van der Waals surface area contributed by atoms with Crippen molar-refractivity contribution in [2.45, 2.75) is 13.8 Å². The van der Waals surface area contributed by atoms with Gasteiger partial charge in [-0.1, -0.05) is 12.7 Å². The first kappa shape index (κ1) is 7.95. The molecule has 0 rings (SSSR count). The molecular formula is C7H12N2. The van der Waals surface area contributed by atoms with Crippen molar-refractivity contribution in [3.05, 3.63) is 24.6 Å². The highest BCUT2D eigenvalue weighted by molar-refractivity contribution is 5.93. The van der Waals surface area contributed by atoms with E-state index in [-0.39, 0.29) is 0 Å². The third-order valence-electron chi connectivity index (χ3n) is 0.728. The number of hydrogen-bond acceptors (Lipinski definition) is 2. The predicted octanol–water partition coefficient (Wildman–Crippen LogP) is 1.45. The van der Waals surface area contributed by atoms with Gasteiger partial charge >= 0.3 is 0 Å². The van der Waals surface area contributed by atoms with E-state index in [1.807, 2.05) is 26.0 Å². The first-order chi connectivity index (χ1) is 4.16. The van der Waals surface area contributed by atoms with Gasteiger partial charge in [0.2, 0.25) is 0 Å². The molecule has 50 valence electrons. The SMILES string of the molecule is C=C(N)/N=C(C)\C=C/C. The highest BCUT2D eigenvalue weighted by Gasteiger charge is 1.80. The normalized spacial score (nSPS) is 12.4. The zero-order valence-corrected chi connectivity index (χ0v) is 5.89. The molecule has 0 aliphatic heterocycles. The first-order valence-corrected chi connectivity index (χ1v) is 2.79. The number of nitrogens with two attached hydrogens (primary N) is 1. The van der Waals surface area contributed by atoms with E-state index in [1.54, 1.807) is 0 Å². The molecule has 0 aliphatic rings. The molecule has 0 heterocycles. The van der Waals surface area contributed by atoms with E-state index in [2.05, 4.69) is 11.6 Å². The average Bonchev–Trinajstić information content (AvgIpc) is 1.63. The highest BCUT2D eigenvalue weighted by Crippen LogP contribution is 1.85. The highest BCUT2D eigenvalue weighted by atomic mass is 14.9. The van der Waals surface area contributed by atoms with Crippen molar-refractivity contribution in [2.24, 2.45) is 10.7 Å². The lowest BCUT2D eigenvalue weighted by Gasteiger charge is -1.89. The lowest BCUT2D eigenvalue weighted by atomic mass is 10.4. The van der Waals surface area contributed by atoms with Crippen molar-refractivity contribution < 1.29 is 0 Å². The summed E-state index contributed by atoms with van der Waals surface area (Å²) in [5, 5.41) is 0. The maximum atomic E-state index is 5.21. The van der Waals surface area contributed by atoms with Crippen LogP contribution in [0.4, 0.5) is 0 Å². The van der Waals surface area contributed by atoms with Crippen LogP contribution < -0.4 is 5.73 Å². The Labute approximate surface area is 55.8 Å². The summed E-state index contributed by atoms with van der Waals surface area (Å²) in [6, 6.07) is 0. The molecule has 0 atom stereocenters. The van der Waals surface area contributed by atoms with Crippen LogP contribution in [0.5, 0.6) is 0 Å². The Morgan fingerprint density at radius 2 is 2.22 bits per heavy atom. The minimum atomic E-state index is 0.352. The Morgan fingerprint density at radius 1 is 1.67 bits per heavy atom. The first-order valence-electron chi connectivity index (χ1n) is 2.79.